The molecule has 0 aliphatic carbocycles. The van der Waals surface area contributed by atoms with Gasteiger partial charge in [0.1, 0.15) is 10.8 Å². The Morgan fingerprint density at radius 3 is 2.70 bits per heavy atom. The highest BCUT2D eigenvalue weighted by atomic mass is 32.1. The van der Waals surface area contributed by atoms with Crippen molar-refractivity contribution in [3.05, 3.63) is 45.9 Å². The van der Waals surface area contributed by atoms with Crippen LogP contribution in [0.5, 0.6) is 5.75 Å². The van der Waals surface area contributed by atoms with Crippen LogP contribution >= 0.6 is 11.3 Å². The summed E-state index contributed by atoms with van der Waals surface area (Å²) >= 11 is 1.55. The van der Waals surface area contributed by atoms with Gasteiger partial charge in [-0.3, -0.25) is 14.5 Å². The van der Waals surface area contributed by atoms with Crippen molar-refractivity contribution < 1.29 is 14.3 Å². The normalized spacial score (nSPS) is 10.8. The summed E-state index contributed by atoms with van der Waals surface area (Å²) in [7, 11) is 1.56. The molecule has 0 aliphatic rings. The van der Waals surface area contributed by atoms with E-state index in [4.69, 9.17) is 4.74 Å². The van der Waals surface area contributed by atoms with E-state index in [2.05, 4.69) is 29.0 Å². The maximum atomic E-state index is 12.2. The first kappa shape index (κ1) is 21.1. The van der Waals surface area contributed by atoms with Crippen molar-refractivity contribution in [3.8, 4) is 5.75 Å². The molecule has 0 atom stereocenters. The number of amides is 1. The van der Waals surface area contributed by atoms with E-state index in [1.54, 1.807) is 42.7 Å². The molecule has 27 heavy (non-hydrogen) atoms. The Hall–Kier alpha value is -2.25. The minimum atomic E-state index is -0.147. The Kier molecular flexibility index (Phi) is 8.42. The maximum absolute atomic E-state index is 12.2. The summed E-state index contributed by atoms with van der Waals surface area (Å²) < 4.78 is 5.12. The molecule has 0 aliphatic heterocycles. The molecule has 1 amide bonds. The first-order valence-electron chi connectivity index (χ1n) is 9.15. The molecule has 0 saturated heterocycles. The molecule has 0 radical (unpaired) electrons. The number of thiazole rings is 1. The smallest absolute Gasteiger partial charge is 0.220 e. The minimum Gasteiger partial charge on any atom is -0.497 e. The van der Waals surface area contributed by atoms with Gasteiger partial charge in [-0.2, -0.15) is 0 Å². The molecule has 0 spiro atoms. The van der Waals surface area contributed by atoms with Crippen LogP contribution in [0, 0.1) is 0 Å². The second-order valence-corrected chi connectivity index (χ2v) is 7.07. The van der Waals surface area contributed by atoms with E-state index in [9.17, 15) is 9.59 Å². The number of carbonyl (C=O) groups is 2. The highest BCUT2D eigenvalue weighted by Crippen LogP contribution is 2.15. The standard InChI is InChI=1S/C20H27N3O3S/c1-4-23(5-2)13-16-14-27-20(22-16)12-21-19(25)10-9-18(24)15-7-6-8-17(11-15)26-3/h6-8,11,14H,4-5,9-10,12-13H2,1-3H3,(H,21,25). The lowest BCUT2D eigenvalue weighted by Crippen LogP contribution is -2.24. The third-order valence-corrected chi connectivity index (χ3v) is 5.18. The Morgan fingerprint density at radius 1 is 1.22 bits per heavy atom. The summed E-state index contributed by atoms with van der Waals surface area (Å²) in [6.07, 6.45) is 0.331. The van der Waals surface area contributed by atoms with Crippen LogP contribution in [0.1, 0.15) is 47.7 Å². The van der Waals surface area contributed by atoms with E-state index in [-0.39, 0.29) is 24.5 Å². The zero-order valence-corrected chi connectivity index (χ0v) is 17.0. The molecule has 6 nitrogen and oxygen atoms in total. The van der Waals surface area contributed by atoms with Crippen LogP contribution in [0.15, 0.2) is 29.6 Å². The number of nitrogens with one attached hydrogen (secondary N) is 1. The molecule has 0 fully saturated rings. The number of ether oxygens (including phenoxy) is 1. The third kappa shape index (κ3) is 6.77. The van der Waals surface area contributed by atoms with Crippen molar-refractivity contribution in [2.45, 2.75) is 39.8 Å². The van der Waals surface area contributed by atoms with Gasteiger partial charge in [0.05, 0.1) is 19.3 Å². The molecule has 1 aromatic carbocycles. The third-order valence-electron chi connectivity index (χ3n) is 4.29. The van der Waals surface area contributed by atoms with Gasteiger partial charge in [0.2, 0.25) is 5.91 Å². The van der Waals surface area contributed by atoms with Gasteiger partial charge in [-0.1, -0.05) is 26.0 Å². The number of aromatic nitrogens is 1. The van der Waals surface area contributed by atoms with Crippen LogP contribution in [0.2, 0.25) is 0 Å². The number of hydrogen-bond acceptors (Lipinski definition) is 6. The maximum Gasteiger partial charge on any atom is 0.220 e. The van der Waals surface area contributed by atoms with E-state index in [1.807, 2.05) is 5.38 Å². The van der Waals surface area contributed by atoms with Crippen LogP contribution in [-0.4, -0.2) is 41.8 Å². The lowest BCUT2D eigenvalue weighted by Gasteiger charge is -2.15. The van der Waals surface area contributed by atoms with E-state index in [0.717, 1.165) is 30.3 Å². The number of rotatable bonds is 11. The number of hydrogen-bond donors (Lipinski definition) is 1. The van der Waals surface area contributed by atoms with E-state index in [1.165, 1.54) is 0 Å². The quantitative estimate of drug-likeness (QED) is 0.597. The number of carbonyl (C=O) groups excluding carboxylic acids is 2. The molecule has 1 aromatic heterocycles. The first-order chi connectivity index (χ1) is 13.0. The van der Waals surface area contributed by atoms with Crippen LogP contribution < -0.4 is 10.1 Å². The highest BCUT2D eigenvalue weighted by molar-refractivity contribution is 7.09. The van der Waals surface area contributed by atoms with Gasteiger partial charge >= 0.3 is 0 Å². The highest BCUT2D eigenvalue weighted by Gasteiger charge is 2.11. The summed E-state index contributed by atoms with van der Waals surface area (Å²) in [6.45, 7) is 7.46. The Balaban J connectivity index is 1.76. The number of nitrogens with zero attached hydrogens (tertiary/aromatic N) is 2. The zero-order chi connectivity index (χ0) is 19.6. The lowest BCUT2D eigenvalue weighted by atomic mass is 10.1. The predicted molar refractivity (Wildman–Crippen MR) is 107 cm³/mol. The largest absolute Gasteiger partial charge is 0.497 e. The molecule has 0 bridgehead atoms. The molecule has 2 aromatic rings. The Morgan fingerprint density at radius 2 is 2.00 bits per heavy atom. The molecule has 1 heterocycles. The fraction of sp³-hybridized carbons (Fsp3) is 0.450. The van der Waals surface area contributed by atoms with Gasteiger partial charge in [0.15, 0.2) is 5.78 Å². The van der Waals surface area contributed by atoms with Crippen molar-refractivity contribution in [1.29, 1.82) is 0 Å². The predicted octanol–water partition coefficient (Wildman–Crippen LogP) is 3.27. The van der Waals surface area contributed by atoms with Crippen LogP contribution in [0.4, 0.5) is 0 Å². The number of ketones is 1. The Labute approximate surface area is 164 Å². The van der Waals surface area contributed by atoms with Crippen LogP contribution in [0.3, 0.4) is 0 Å². The van der Waals surface area contributed by atoms with Gasteiger partial charge in [0, 0.05) is 30.3 Å². The molecular weight excluding hydrogens is 362 g/mol. The van der Waals surface area contributed by atoms with Crippen molar-refractivity contribution >= 4 is 23.0 Å². The van der Waals surface area contributed by atoms with E-state index < -0.39 is 0 Å². The summed E-state index contributed by atoms with van der Waals surface area (Å²) in [4.78, 5) is 31.1. The molecule has 2 rings (SSSR count). The second kappa shape index (κ2) is 10.8. The van der Waals surface area contributed by atoms with Gasteiger partial charge in [-0.25, -0.2) is 4.98 Å². The van der Waals surface area contributed by atoms with Crippen molar-refractivity contribution in [2.24, 2.45) is 0 Å². The van der Waals surface area contributed by atoms with Gasteiger partial charge < -0.3 is 10.1 Å². The second-order valence-electron chi connectivity index (χ2n) is 6.13. The van der Waals surface area contributed by atoms with Crippen LogP contribution in [0.25, 0.3) is 0 Å². The fourth-order valence-electron chi connectivity index (χ4n) is 2.61. The molecule has 146 valence electrons. The SMILES string of the molecule is CCN(CC)Cc1csc(CNC(=O)CCC(=O)c2cccc(OC)c2)n1. The number of methoxy groups -OCH3 is 1. The van der Waals surface area contributed by atoms with E-state index >= 15 is 0 Å². The summed E-state index contributed by atoms with van der Waals surface area (Å²) in [6, 6.07) is 6.97. The average Bonchev–Trinajstić information content (AvgIpc) is 3.16. The summed E-state index contributed by atoms with van der Waals surface area (Å²) in [5.74, 6) is 0.418. The van der Waals surface area contributed by atoms with Gasteiger partial charge in [-0.15, -0.1) is 11.3 Å². The Bertz CT molecular complexity index is 756. The van der Waals surface area contributed by atoms with Crippen molar-refractivity contribution in [2.75, 3.05) is 20.2 Å². The molecule has 1 N–H and O–H groups in total. The number of Topliss-reactive ketones (excluding diaryl/α,β-unsaturated/α-hetero) is 1. The summed E-state index contributed by atoms with van der Waals surface area (Å²) in [5.41, 5.74) is 1.59. The molecule has 7 heteroatoms. The van der Waals surface area contributed by atoms with Gasteiger partial charge in [0.25, 0.3) is 0 Å². The molecule has 0 saturated carbocycles. The topological polar surface area (TPSA) is 71.5 Å². The van der Waals surface area contributed by atoms with Crippen molar-refractivity contribution in [3.63, 3.8) is 0 Å². The number of benzene rings is 1. The monoisotopic (exact) mass is 389 g/mol. The van der Waals surface area contributed by atoms with Gasteiger partial charge in [-0.05, 0) is 25.2 Å². The summed E-state index contributed by atoms with van der Waals surface area (Å²) in [5, 5.41) is 5.75. The fourth-order valence-corrected chi connectivity index (χ4v) is 3.33. The van der Waals surface area contributed by atoms with E-state index in [0.29, 0.717) is 17.9 Å². The molecule has 0 unspecified atom stereocenters. The minimum absolute atomic E-state index is 0.0696. The zero-order valence-electron chi connectivity index (χ0n) is 16.2. The molecular formula is C20H27N3O3S. The van der Waals surface area contributed by atoms with Crippen LogP contribution in [-0.2, 0) is 17.9 Å². The van der Waals surface area contributed by atoms with Crippen molar-refractivity contribution in [1.82, 2.24) is 15.2 Å². The average molecular weight is 390 g/mol. The first-order valence-corrected chi connectivity index (χ1v) is 10.0. The lowest BCUT2D eigenvalue weighted by molar-refractivity contribution is -0.121.